The second-order valence-corrected chi connectivity index (χ2v) is 7.14. The highest BCUT2D eigenvalue weighted by Crippen LogP contribution is 2.29. The third kappa shape index (κ3) is 3.32. The molecular weight excluding hydrogens is 342 g/mol. The summed E-state index contributed by atoms with van der Waals surface area (Å²) < 4.78 is 7.44. The lowest BCUT2D eigenvalue weighted by Crippen LogP contribution is -2.28. The highest BCUT2D eigenvalue weighted by Gasteiger charge is 2.31. The molecule has 1 aliphatic heterocycles. The number of carbonyl (C=O) groups excluding carboxylic acids is 1. The molecule has 0 radical (unpaired) electrons. The van der Waals surface area contributed by atoms with Gasteiger partial charge in [-0.1, -0.05) is 5.16 Å². The SMILES string of the molecule is CN(C)c1ccc(C(=O)N2CC[C@H](c3nc(-c4cccn4C)no3)C2)cc1. The van der Waals surface area contributed by atoms with Crippen molar-refractivity contribution in [3.8, 4) is 11.5 Å². The van der Waals surface area contributed by atoms with Gasteiger partial charge in [0.25, 0.3) is 5.91 Å². The molecule has 27 heavy (non-hydrogen) atoms. The van der Waals surface area contributed by atoms with E-state index >= 15 is 0 Å². The predicted molar refractivity (Wildman–Crippen MR) is 103 cm³/mol. The van der Waals surface area contributed by atoms with Gasteiger partial charge in [-0.15, -0.1) is 0 Å². The van der Waals surface area contributed by atoms with E-state index in [1.165, 1.54) is 0 Å². The maximum atomic E-state index is 12.8. The highest BCUT2D eigenvalue weighted by molar-refractivity contribution is 5.94. The summed E-state index contributed by atoms with van der Waals surface area (Å²) in [7, 11) is 5.91. The molecule has 0 unspecified atom stereocenters. The van der Waals surface area contributed by atoms with Gasteiger partial charge in [0.05, 0.1) is 11.6 Å². The van der Waals surface area contributed by atoms with Crippen LogP contribution in [0.5, 0.6) is 0 Å². The van der Waals surface area contributed by atoms with Crippen LogP contribution in [0, 0.1) is 0 Å². The van der Waals surface area contributed by atoms with Gasteiger partial charge in [-0.2, -0.15) is 4.98 Å². The van der Waals surface area contributed by atoms with Gasteiger partial charge < -0.3 is 18.9 Å². The number of rotatable bonds is 4. The summed E-state index contributed by atoms with van der Waals surface area (Å²) in [5.74, 6) is 1.31. The summed E-state index contributed by atoms with van der Waals surface area (Å²) in [5, 5.41) is 4.10. The molecule has 0 aliphatic carbocycles. The van der Waals surface area contributed by atoms with Gasteiger partial charge in [0.15, 0.2) is 0 Å². The van der Waals surface area contributed by atoms with E-state index in [2.05, 4.69) is 10.1 Å². The molecule has 1 aromatic carbocycles. The molecule has 2 aromatic heterocycles. The molecule has 1 saturated heterocycles. The topological polar surface area (TPSA) is 67.4 Å². The van der Waals surface area contributed by atoms with Crippen LogP contribution in [0.15, 0.2) is 47.1 Å². The molecule has 3 heterocycles. The van der Waals surface area contributed by atoms with Crippen molar-refractivity contribution in [3.63, 3.8) is 0 Å². The number of aryl methyl sites for hydroxylation is 1. The molecule has 1 atom stereocenters. The Balaban J connectivity index is 1.45. The largest absolute Gasteiger partial charge is 0.378 e. The third-order valence-electron chi connectivity index (χ3n) is 5.07. The van der Waals surface area contributed by atoms with Gasteiger partial charge in [-0.25, -0.2) is 0 Å². The van der Waals surface area contributed by atoms with Gasteiger partial charge in [0.2, 0.25) is 11.7 Å². The minimum Gasteiger partial charge on any atom is -0.378 e. The molecule has 0 N–H and O–H groups in total. The molecule has 0 spiro atoms. The average Bonchev–Trinajstić information content (AvgIpc) is 3.40. The Hall–Kier alpha value is -3.09. The quantitative estimate of drug-likeness (QED) is 0.711. The van der Waals surface area contributed by atoms with Gasteiger partial charge in [0.1, 0.15) is 0 Å². The van der Waals surface area contributed by atoms with Crippen LogP contribution in [-0.4, -0.2) is 52.7 Å². The van der Waals surface area contributed by atoms with Crippen molar-refractivity contribution in [2.24, 2.45) is 7.05 Å². The van der Waals surface area contributed by atoms with E-state index in [1.54, 1.807) is 0 Å². The van der Waals surface area contributed by atoms with Crippen molar-refractivity contribution >= 4 is 11.6 Å². The van der Waals surface area contributed by atoms with Gasteiger partial charge in [0, 0.05) is 51.7 Å². The van der Waals surface area contributed by atoms with Crippen molar-refractivity contribution < 1.29 is 9.32 Å². The summed E-state index contributed by atoms with van der Waals surface area (Å²) in [6, 6.07) is 11.6. The fourth-order valence-electron chi connectivity index (χ4n) is 3.43. The highest BCUT2D eigenvalue weighted by atomic mass is 16.5. The molecule has 1 aliphatic rings. The molecule has 0 bridgehead atoms. The van der Waals surface area contributed by atoms with Crippen molar-refractivity contribution in [1.29, 1.82) is 0 Å². The summed E-state index contributed by atoms with van der Waals surface area (Å²) in [6.07, 6.45) is 2.78. The van der Waals surface area contributed by atoms with Crippen LogP contribution in [0.25, 0.3) is 11.5 Å². The molecule has 0 saturated carbocycles. The van der Waals surface area contributed by atoms with E-state index in [9.17, 15) is 4.79 Å². The molecule has 4 rings (SSSR count). The Labute approximate surface area is 158 Å². The van der Waals surface area contributed by atoms with Gasteiger partial charge >= 0.3 is 0 Å². The van der Waals surface area contributed by atoms with Crippen molar-refractivity contribution in [2.45, 2.75) is 12.3 Å². The second-order valence-electron chi connectivity index (χ2n) is 7.14. The summed E-state index contributed by atoms with van der Waals surface area (Å²) in [6.45, 7) is 1.30. The first kappa shape index (κ1) is 17.3. The normalized spacial score (nSPS) is 16.7. The number of amides is 1. The predicted octanol–water partition coefficient (Wildman–Crippen LogP) is 2.77. The fraction of sp³-hybridized carbons (Fsp3) is 0.350. The summed E-state index contributed by atoms with van der Waals surface area (Å²) in [5.41, 5.74) is 2.69. The van der Waals surface area contributed by atoms with Crippen LogP contribution in [0.4, 0.5) is 5.69 Å². The Morgan fingerprint density at radius 2 is 2.00 bits per heavy atom. The number of nitrogens with zero attached hydrogens (tertiary/aromatic N) is 5. The average molecular weight is 365 g/mol. The zero-order chi connectivity index (χ0) is 19.0. The maximum absolute atomic E-state index is 12.8. The summed E-state index contributed by atoms with van der Waals surface area (Å²) in [4.78, 5) is 21.2. The Morgan fingerprint density at radius 1 is 1.22 bits per heavy atom. The number of hydrogen-bond donors (Lipinski definition) is 0. The van der Waals surface area contributed by atoms with Crippen molar-refractivity contribution in [1.82, 2.24) is 19.6 Å². The zero-order valence-corrected chi connectivity index (χ0v) is 15.8. The Kier molecular flexibility index (Phi) is 4.43. The van der Waals surface area contributed by atoms with E-state index in [1.807, 2.05) is 78.1 Å². The minimum absolute atomic E-state index is 0.0463. The molecule has 140 valence electrons. The smallest absolute Gasteiger partial charge is 0.253 e. The monoisotopic (exact) mass is 365 g/mol. The lowest BCUT2D eigenvalue weighted by Gasteiger charge is -2.17. The first-order chi connectivity index (χ1) is 13.0. The minimum atomic E-state index is 0.0463. The van der Waals surface area contributed by atoms with E-state index in [0.717, 1.165) is 17.8 Å². The first-order valence-corrected chi connectivity index (χ1v) is 9.05. The molecular formula is C20H23N5O2. The number of benzene rings is 1. The van der Waals surface area contributed by atoms with E-state index < -0.39 is 0 Å². The fourth-order valence-corrected chi connectivity index (χ4v) is 3.43. The van der Waals surface area contributed by atoms with Crippen LogP contribution in [0.2, 0.25) is 0 Å². The van der Waals surface area contributed by atoms with E-state index in [-0.39, 0.29) is 11.8 Å². The number of likely N-dealkylation sites (tertiary alicyclic amines) is 1. The number of aromatic nitrogens is 3. The van der Waals surface area contributed by atoms with Crippen molar-refractivity contribution in [2.75, 3.05) is 32.1 Å². The van der Waals surface area contributed by atoms with Gasteiger partial charge in [-0.05, 0) is 42.8 Å². The number of anilines is 1. The molecule has 1 amide bonds. The van der Waals surface area contributed by atoms with Crippen LogP contribution in [0.1, 0.15) is 28.6 Å². The van der Waals surface area contributed by atoms with Crippen LogP contribution in [-0.2, 0) is 7.05 Å². The third-order valence-corrected chi connectivity index (χ3v) is 5.07. The lowest BCUT2D eigenvalue weighted by atomic mass is 10.1. The van der Waals surface area contributed by atoms with Crippen LogP contribution in [0.3, 0.4) is 0 Å². The molecule has 3 aromatic rings. The first-order valence-electron chi connectivity index (χ1n) is 9.05. The van der Waals surface area contributed by atoms with E-state index in [0.29, 0.717) is 30.4 Å². The van der Waals surface area contributed by atoms with Crippen LogP contribution < -0.4 is 4.90 Å². The zero-order valence-electron chi connectivity index (χ0n) is 15.8. The van der Waals surface area contributed by atoms with Crippen molar-refractivity contribution in [3.05, 3.63) is 54.0 Å². The molecule has 1 fully saturated rings. The Bertz CT molecular complexity index is 941. The maximum Gasteiger partial charge on any atom is 0.253 e. The standard InChI is InChI=1S/C20H23N5O2/c1-23(2)16-8-6-14(7-9-16)20(26)25-12-10-15(13-25)19-21-18(22-27-19)17-5-4-11-24(17)3/h4-9,11,15H,10,12-13H2,1-3H3/t15-/m0/s1. The van der Waals surface area contributed by atoms with Gasteiger partial charge in [-0.3, -0.25) is 4.79 Å². The van der Waals surface area contributed by atoms with E-state index in [4.69, 9.17) is 4.52 Å². The Morgan fingerprint density at radius 3 is 2.67 bits per heavy atom. The lowest BCUT2D eigenvalue weighted by molar-refractivity contribution is 0.0789. The van der Waals surface area contributed by atoms with Crippen LogP contribution >= 0.6 is 0 Å². The number of carbonyl (C=O) groups is 1. The summed E-state index contributed by atoms with van der Waals surface area (Å²) >= 11 is 0. The molecule has 7 nitrogen and oxygen atoms in total. The number of hydrogen-bond acceptors (Lipinski definition) is 5. The second kappa shape index (κ2) is 6.90. The molecule has 7 heteroatoms.